The van der Waals surface area contributed by atoms with Crippen molar-refractivity contribution in [1.29, 1.82) is 0 Å². The monoisotopic (exact) mass is 243 g/mol. The average Bonchev–Trinajstić information content (AvgIpc) is 2.22. The first-order valence-electron chi connectivity index (χ1n) is 4.53. The maximum absolute atomic E-state index is 11.1. The number of urea groups is 1. The summed E-state index contributed by atoms with van der Waals surface area (Å²) in [5.41, 5.74) is 0. The molecule has 0 aliphatic rings. The lowest BCUT2D eigenvalue weighted by molar-refractivity contribution is -0.131. The van der Waals surface area contributed by atoms with E-state index in [1.54, 1.807) is 0 Å². The number of rotatable bonds is 4. The van der Waals surface area contributed by atoms with Crippen LogP contribution in [0.3, 0.4) is 0 Å². The highest BCUT2D eigenvalue weighted by Crippen LogP contribution is 1.78. The maximum Gasteiger partial charge on any atom is 0.328 e. The summed E-state index contributed by atoms with van der Waals surface area (Å²) in [7, 11) is 3.03. The number of aliphatic carboxylic acids is 1. The number of hydrogen-bond acceptors (Lipinski definition) is 4. The minimum atomic E-state index is -1.30. The van der Waals surface area contributed by atoms with Crippen molar-refractivity contribution >= 4 is 23.8 Å². The van der Waals surface area contributed by atoms with Crippen LogP contribution in [0, 0.1) is 0 Å². The van der Waals surface area contributed by atoms with Crippen LogP contribution in [-0.4, -0.2) is 54.5 Å². The highest BCUT2D eigenvalue weighted by Gasteiger charge is 2.08. The van der Waals surface area contributed by atoms with E-state index in [4.69, 9.17) is 5.11 Å². The summed E-state index contributed by atoms with van der Waals surface area (Å²) in [6.45, 7) is -0.255. The first-order valence-corrected chi connectivity index (χ1v) is 4.53. The molecule has 0 spiro atoms. The maximum atomic E-state index is 11.1. The first kappa shape index (κ1) is 14.6. The SMILES string of the molecule is CN(C)C(=O)CNC(=O)NC(=O)/C=C/C(=O)O. The lowest BCUT2D eigenvalue weighted by atomic mass is 10.4. The smallest absolute Gasteiger partial charge is 0.328 e. The Morgan fingerprint density at radius 1 is 1.18 bits per heavy atom. The highest BCUT2D eigenvalue weighted by atomic mass is 16.4. The van der Waals surface area contributed by atoms with Gasteiger partial charge in [-0.2, -0.15) is 0 Å². The third-order valence-corrected chi connectivity index (χ3v) is 1.51. The van der Waals surface area contributed by atoms with Gasteiger partial charge in [-0.25, -0.2) is 9.59 Å². The summed E-state index contributed by atoms with van der Waals surface area (Å²) >= 11 is 0. The molecule has 3 N–H and O–H groups in total. The Morgan fingerprint density at radius 3 is 2.24 bits per heavy atom. The van der Waals surface area contributed by atoms with E-state index in [1.807, 2.05) is 5.32 Å². The Labute approximate surface area is 97.3 Å². The molecule has 8 heteroatoms. The second kappa shape index (κ2) is 6.99. The molecule has 94 valence electrons. The van der Waals surface area contributed by atoms with Crippen molar-refractivity contribution in [3.8, 4) is 0 Å². The minimum Gasteiger partial charge on any atom is -0.478 e. The van der Waals surface area contributed by atoms with E-state index in [2.05, 4.69) is 5.32 Å². The molecule has 17 heavy (non-hydrogen) atoms. The van der Waals surface area contributed by atoms with E-state index in [1.165, 1.54) is 19.0 Å². The number of imide groups is 1. The summed E-state index contributed by atoms with van der Waals surface area (Å²) in [4.78, 5) is 44.3. The molecule has 0 atom stereocenters. The molecule has 0 aromatic carbocycles. The lowest BCUT2D eigenvalue weighted by Crippen LogP contribution is -2.43. The Kier molecular flexibility index (Phi) is 6.01. The van der Waals surface area contributed by atoms with Crippen LogP contribution >= 0.6 is 0 Å². The van der Waals surface area contributed by atoms with Gasteiger partial charge in [0.05, 0.1) is 6.54 Å². The predicted octanol–water partition coefficient (Wildman–Crippen LogP) is -1.46. The molecule has 0 aromatic heterocycles. The number of hydrogen-bond donors (Lipinski definition) is 3. The van der Waals surface area contributed by atoms with Crippen LogP contribution in [0.4, 0.5) is 4.79 Å². The molecule has 8 nitrogen and oxygen atoms in total. The van der Waals surface area contributed by atoms with Gasteiger partial charge in [-0.1, -0.05) is 0 Å². The molecular weight excluding hydrogens is 230 g/mol. The van der Waals surface area contributed by atoms with Gasteiger partial charge in [0, 0.05) is 26.2 Å². The number of likely N-dealkylation sites (N-methyl/N-ethyl adjacent to an activating group) is 1. The summed E-state index contributed by atoms with van der Waals surface area (Å²) in [6, 6.07) is -0.875. The van der Waals surface area contributed by atoms with Gasteiger partial charge < -0.3 is 15.3 Å². The van der Waals surface area contributed by atoms with Crippen LogP contribution in [0.1, 0.15) is 0 Å². The Hall–Kier alpha value is -2.38. The Morgan fingerprint density at radius 2 is 1.76 bits per heavy atom. The molecule has 0 rings (SSSR count). The normalized spacial score (nSPS) is 9.76. The molecule has 0 aliphatic carbocycles. The van der Waals surface area contributed by atoms with E-state index in [-0.39, 0.29) is 12.5 Å². The zero-order chi connectivity index (χ0) is 13.4. The van der Waals surface area contributed by atoms with Gasteiger partial charge in [-0.05, 0) is 0 Å². The molecule has 0 saturated carbocycles. The summed E-state index contributed by atoms with van der Waals surface area (Å²) < 4.78 is 0. The van der Waals surface area contributed by atoms with Crippen molar-refractivity contribution < 1.29 is 24.3 Å². The summed E-state index contributed by atoms with van der Waals surface area (Å²) in [5.74, 6) is -2.53. The fourth-order valence-corrected chi connectivity index (χ4v) is 0.659. The predicted molar refractivity (Wildman–Crippen MR) is 57.0 cm³/mol. The quantitative estimate of drug-likeness (QED) is 0.522. The molecule has 0 fully saturated rings. The van der Waals surface area contributed by atoms with E-state index in [0.717, 1.165) is 0 Å². The van der Waals surface area contributed by atoms with Gasteiger partial charge in [0.1, 0.15) is 0 Å². The fraction of sp³-hybridized carbons (Fsp3) is 0.333. The molecule has 0 heterocycles. The highest BCUT2D eigenvalue weighted by molar-refractivity contribution is 6.03. The van der Waals surface area contributed by atoms with Gasteiger partial charge in [0.25, 0.3) is 5.91 Å². The van der Waals surface area contributed by atoms with Gasteiger partial charge in [0.15, 0.2) is 0 Å². The third-order valence-electron chi connectivity index (χ3n) is 1.51. The minimum absolute atomic E-state index is 0.255. The molecule has 0 radical (unpaired) electrons. The number of nitrogens with one attached hydrogen (secondary N) is 2. The second-order valence-electron chi connectivity index (χ2n) is 3.13. The van der Waals surface area contributed by atoms with Gasteiger partial charge in [-0.3, -0.25) is 14.9 Å². The molecule has 0 bridgehead atoms. The van der Waals surface area contributed by atoms with Crippen LogP contribution in [-0.2, 0) is 14.4 Å². The zero-order valence-electron chi connectivity index (χ0n) is 9.39. The van der Waals surface area contributed by atoms with E-state index < -0.39 is 17.9 Å². The van der Waals surface area contributed by atoms with Crippen LogP contribution in [0.5, 0.6) is 0 Å². The Balaban J connectivity index is 3.99. The molecule has 0 unspecified atom stereocenters. The van der Waals surface area contributed by atoms with Crippen molar-refractivity contribution in [2.45, 2.75) is 0 Å². The van der Waals surface area contributed by atoms with Crippen LogP contribution in [0.15, 0.2) is 12.2 Å². The number of carbonyl (C=O) groups is 4. The average molecular weight is 243 g/mol. The van der Waals surface area contributed by atoms with Crippen LogP contribution in [0.25, 0.3) is 0 Å². The van der Waals surface area contributed by atoms with Crippen molar-refractivity contribution in [2.75, 3.05) is 20.6 Å². The standard InChI is InChI=1S/C9H13N3O5/c1-12(2)7(14)5-10-9(17)11-6(13)3-4-8(15)16/h3-4H,5H2,1-2H3,(H,15,16)(H2,10,11,13,17)/b4-3+. The largest absolute Gasteiger partial charge is 0.478 e. The molecule has 0 aromatic rings. The number of carboxylic acid groups (broad SMARTS) is 1. The first-order chi connectivity index (χ1) is 7.82. The molecule has 0 aliphatic heterocycles. The molecule has 0 saturated heterocycles. The van der Waals surface area contributed by atoms with Crippen molar-refractivity contribution in [3.05, 3.63) is 12.2 Å². The summed E-state index contributed by atoms with van der Waals surface area (Å²) in [5, 5.41) is 12.2. The number of carboxylic acids is 1. The second-order valence-corrected chi connectivity index (χ2v) is 3.13. The van der Waals surface area contributed by atoms with E-state index in [9.17, 15) is 19.2 Å². The third kappa shape index (κ3) is 7.54. The van der Waals surface area contributed by atoms with Gasteiger partial charge >= 0.3 is 12.0 Å². The van der Waals surface area contributed by atoms with E-state index >= 15 is 0 Å². The summed E-state index contributed by atoms with van der Waals surface area (Å²) in [6.07, 6.45) is 1.28. The van der Waals surface area contributed by atoms with E-state index in [0.29, 0.717) is 12.2 Å². The topological polar surface area (TPSA) is 116 Å². The van der Waals surface area contributed by atoms with Gasteiger partial charge in [-0.15, -0.1) is 0 Å². The van der Waals surface area contributed by atoms with Gasteiger partial charge in [0.2, 0.25) is 5.91 Å². The Bertz CT molecular complexity index is 362. The number of nitrogens with zero attached hydrogens (tertiary/aromatic N) is 1. The van der Waals surface area contributed by atoms with Crippen LogP contribution in [0.2, 0.25) is 0 Å². The van der Waals surface area contributed by atoms with Crippen LogP contribution < -0.4 is 10.6 Å². The van der Waals surface area contributed by atoms with Crippen molar-refractivity contribution in [2.24, 2.45) is 0 Å². The molecular formula is C9H13N3O5. The zero-order valence-corrected chi connectivity index (χ0v) is 9.39. The number of amides is 4. The lowest BCUT2D eigenvalue weighted by Gasteiger charge is -2.10. The van der Waals surface area contributed by atoms with Crippen molar-refractivity contribution in [1.82, 2.24) is 15.5 Å². The van der Waals surface area contributed by atoms with Crippen molar-refractivity contribution in [3.63, 3.8) is 0 Å². The molecule has 4 amide bonds. The fourth-order valence-electron chi connectivity index (χ4n) is 0.659. The number of carbonyl (C=O) groups excluding carboxylic acids is 3.